The van der Waals surface area contributed by atoms with E-state index in [9.17, 15) is 4.79 Å². The van der Waals surface area contributed by atoms with Crippen molar-refractivity contribution in [2.24, 2.45) is 5.73 Å². The molecule has 1 aromatic rings. The zero-order valence-electron chi connectivity index (χ0n) is 8.50. The van der Waals surface area contributed by atoms with Crippen LogP contribution in [0.4, 0.5) is 0 Å². The molecular formula is C12H14BrNO. The molecule has 0 radical (unpaired) electrons. The average Bonchev–Trinajstić information content (AvgIpc) is 2.62. The quantitative estimate of drug-likeness (QED) is 0.895. The molecule has 1 aliphatic rings. The van der Waals surface area contributed by atoms with Crippen LogP contribution < -0.4 is 5.73 Å². The van der Waals surface area contributed by atoms with Crippen LogP contribution in [0.2, 0.25) is 0 Å². The SMILES string of the molecule is NCC1(c2ccccc2Br)CCC(=O)C1. The molecule has 3 heteroatoms. The molecule has 1 unspecified atom stereocenters. The molecule has 1 saturated carbocycles. The first-order valence-electron chi connectivity index (χ1n) is 5.15. The highest BCUT2D eigenvalue weighted by Gasteiger charge is 2.39. The van der Waals surface area contributed by atoms with Gasteiger partial charge in [0, 0.05) is 29.3 Å². The zero-order chi connectivity index (χ0) is 10.9. The lowest BCUT2D eigenvalue weighted by atomic mass is 9.79. The van der Waals surface area contributed by atoms with Crippen LogP contribution in [0.25, 0.3) is 0 Å². The van der Waals surface area contributed by atoms with Crippen LogP contribution in [-0.4, -0.2) is 12.3 Å². The van der Waals surface area contributed by atoms with Crippen molar-refractivity contribution in [1.82, 2.24) is 0 Å². The number of carbonyl (C=O) groups excluding carboxylic acids is 1. The van der Waals surface area contributed by atoms with Crippen LogP contribution in [0.3, 0.4) is 0 Å². The van der Waals surface area contributed by atoms with Crippen LogP contribution in [0.1, 0.15) is 24.8 Å². The first kappa shape index (κ1) is 10.8. The van der Waals surface area contributed by atoms with Crippen LogP contribution in [0, 0.1) is 0 Å². The van der Waals surface area contributed by atoms with E-state index in [1.165, 1.54) is 5.56 Å². The van der Waals surface area contributed by atoms with Gasteiger partial charge in [0.15, 0.2) is 0 Å². The van der Waals surface area contributed by atoms with E-state index < -0.39 is 0 Å². The molecular weight excluding hydrogens is 254 g/mol. The second kappa shape index (κ2) is 4.06. The minimum atomic E-state index is -0.128. The fourth-order valence-corrected chi connectivity index (χ4v) is 3.04. The van der Waals surface area contributed by atoms with Gasteiger partial charge in [-0.05, 0) is 18.1 Å². The van der Waals surface area contributed by atoms with E-state index in [4.69, 9.17) is 5.73 Å². The Morgan fingerprint density at radius 1 is 1.40 bits per heavy atom. The minimum absolute atomic E-state index is 0.128. The maximum atomic E-state index is 11.4. The Kier molecular flexibility index (Phi) is 2.94. The molecule has 1 atom stereocenters. The Balaban J connectivity index is 2.43. The third-order valence-corrected chi connectivity index (χ3v) is 3.95. The van der Waals surface area contributed by atoms with Gasteiger partial charge in [-0.15, -0.1) is 0 Å². The largest absolute Gasteiger partial charge is 0.330 e. The van der Waals surface area contributed by atoms with Crippen LogP contribution in [0.5, 0.6) is 0 Å². The summed E-state index contributed by atoms with van der Waals surface area (Å²) < 4.78 is 1.06. The molecule has 0 amide bonds. The van der Waals surface area contributed by atoms with Gasteiger partial charge in [-0.2, -0.15) is 0 Å². The number of carbonyl (C=O) groups is 1. The standard InChI is InChI=1S/C12H14BrNO/c13-11-4-2-1-3-10(11)12(8-14)6-5-9(15)7-12/h1-4H,5-8,14H2. The molecule has 0 saturated heterocycles. The van der Waals surface area contributed by atoms with Gasteiger partial charge in [-0.25, -0.2) is 0 Å². The Hall–Kier alpha value is -0.670. The van der Waals surface area contributed by atoms with Crippen molar-refractivity contribution in [3.05, 3.63) is 34.3 Å². The van der Waals surface area contributed by atoms with Gasteiger partial charge in [-0.3, -0.25) is 4.79 Å². The fourth-order valence-electron chi connectivity index (χ4n) is 2.34. The van der Waals surface area contributed by atoms with E-state index in [0.717, 1.165) is 10.9 Å². The highest BCUT2D eigenvalue weighted by Crippen LogP contribution is 2.41. The molecule has 0 heterocycles. The molecule has 80 valence electrons. The summed E-state index contributed by atoms with van der Waals surface area (Å²) in [5.41, 5.74) is 6.91. The van der Waals surface area contributed by atoms with Crippen molar-refractivity contribution in [2.45, 2.75) is 24.7 Å². The molecule has 0 aromatic heterocycles. The van der Waals surface area contributed by atoms with E-state index in [0.29, 0.717) is 25.2 Å². The lowest BCUT2D eigenvalue weighted by molar-refractivity contribution is -0.117. The highest BCUT2D eigenvalue weighted by molar-refractivity contribution is 9.10. The van der Waals surface area contributed by atoms with Gasteiger partial charge in [0.1, 0.15) is 5.78 Å². The average molecular weight is 268 g/mol. The van der Waals surface area contributed by atoms with Crippen molar-refractivity contribution in [2.75, 3.05) is 6.54 Å². The molecule has 15 heavy (non-hydrogen) atoms. The minimum Gasteiger partial charge on any atom is -0.330 e. The van der Waals surface area contributed by atoms with E-state index in [1.54, 1.807) is 0 Å². The fraction of sp³-hybridized carbons (Fsp3) is 0.417. The third kappa shape index (κ3) is 1.86. The lowest BCUT2D eigenvalue weighted by Gasteiger charge is -2.28. The summed E-state index contributed by atoms with van der Waals surface area (Å²) in [5, 5.41) is 0. The summed E-state index contributed by atoms with van der Waals surface area (Å²) in [7, 11) is 0. The summed E-state index contributed by atoms with van der Waals surface area (Å²) >= 11 is 3.54. The number of ketones is 1. The summed E-state index contributed by atoms with van der Waals surface area (Å²) in [6.07, 6.45) is 2.13. The molecule has 1 aromatic carbocycles. The Morgan fingerprint density at radius 2 is 2.13 bits per heavy atom. The molecule has 0 bridgehead atoms. The first-order valence-corrected chi connectivity index (χ1v) is 5.94. The molecule has 2 rings (SSSR count). The number of rotatable bonds is 2. The maximum Gasteiger partial charge on any atom is 0.133 e. The summed E-state index contributed by atoms with van der Waals surface area (Å²) in [6.45, 7) is 0.543. The van der Waals surface area contributed by atoms with E-state index in [-0.39, 0.29) is 5.41 Å². The normalized spacial score (nSPS) is 25.9. The smallest absolute Gasteiger partial charge is 0.133 e. The molecule has 1 fully saturated rings. The topological polar surface area (TPSA) is 43.1 Å². The second-order valence-corrected chi connectivity index (χ2v) is 5.03. The summed E-state index contributed by atoms with van der Waals surface area (Å²) in [6, 6.07) is 8.06. The molecule has 2 N–H and O–H groups in total. The molecule has 0 aliphatic heterocycles. The van der Waals surface area contributed by atoms with Crippen molar-refractivity contribution < 1.29 is 4.79 Å². The van der Waals surface area contributed by atoms with Gasteiger partial charge < -0.3 is 5.73 Å². The van der Waals surface area contributed by atoms with Crippen LogP contribution in [0.15, 0.2) is 28.7 Å². The van der Waals surface area contributed by atoms with E-state index in [1.807, 2.05) is 18.2 Å². The number of Topliss-reactive ketones (excluding diaryl/α,β-unsaturated/α-hetero) is 1. The van der Waals surface area contributed by atoms with Crippen molar-refractivity contribution in [1.29, 1.82) is 0 Å². The Morgan fingerprint density at radius 3 is 2.67 bits per heavy atom. The van der Waals surface area contributed by atoms with Gasteiger partial charge in [-0.1, -0.05) is 34.1 Å². The van der Waals surface area contributed by atoms with E-state index in [2.05, 4.69) is 22.0 Å². The number of benzene rings is 1. The van der Waals surface area contributed by atoms with Gasteiger partial charge in [0.25, 0.3) is 0 Å². The zero-order valence-corrected chi connectivity index (χ0v) is 10.1. The predicted octanol–water partition coefficient (Wildman–Crippen LogP) is 2.40. The summed E-state index contributed by atoms with van der Waals surface area (Å²) in [4.78, 5) is 11.4. The van der Waals surface area contributed by atoms with Gasteiger partial charge in [0.2, 0.25) is 0 Å². The van der Waals surface area contributed by atoms with Crippen LogP contribution >= 0.6 is 15.9 Å². The molecule has 1 aliphatic carbocycles. The number of hydrogen-bond acceptors (Lipinski definition) is 2. The lowest BCUT2D eigenvalue weighted by Crippen LogP contribution is -2.33. The monoisotopic (exact) mass is 267 g/mol. The number of halogens is 1. The highest BCUT2D eigenvalue weighted by atomic mass is 79.9. The van der Waals surface area contributed by atoms with E-state index >= 15 is 0 Å². The number of nitrogens with two attached hydrogens (primary N) is 1. The Labute approximate surface area is 98.0 Å². The first-order chi connectivity index (χ1) is 7.18. The predicted molar refractivity (Wildman–Crippen MR) is 63.7 cm³/mol. The van der Waals surface area contributed by atoms with Crippen molar-refractivity contribution in [3.8, 4) is 0 Å². The van der Waals surface area contributed by atoms with Crippen molar-refractivity contribution >= 4 is 21.7 Å². The van der Waals surface area contributed by atoms with Gasteiger partial charge in [0.05, 0.1) is 0 Å². The van der Waals surface area contributed by atoms with Gasteiger partial charge >= 0.3 is 0 Å². The third-order valence-electron chi connectivity index (χ3n) is 3.25. The Bertz CT molecular complexity index is 391. The molecule has 0 spiro atoms. The summed E-state index contributed by atoms with van der Waals surface area (Å²) in [5.74, 6) is 0.330. The number of hydrogen-bond donors (Lipinski definition) is 1. The van der Waals surface area contributed by atoms with Crippen molar-refractivity contribution in [3.63, 3.8) is 0 Å². The van der Waals surface area contributed by atoms with Crippen LogP contribution in [-0.2, 0) is 10.2 Å². The maximum absolute atomic E-state index is 11.4. The molecule has 2 nitrogen and oxygen atoms in total. The second-order valence-electron chi connectivity index (χ2n) is 4.18.